The van der Waals surface area contributed by atoms with Crippen LogP contribution in [-0.2, 0) is 11.3 Å². The van der Waals surface area contributed by atoms with Crippen LogP contribution < -0.4 is 10.3 Å². The number of nitrogens with zero attached hydrogens (tertiary/aromatic N) is 5. The SMILES string of the molecule is O=c1c2ccccc2n2cncc2n1Cc1nc(OC2CCOC2)c2ccccc2n1. The Hall–Kier alpha value is -3.78. The molecule has 0 amide bonds. The van der Waals surface area contributed by atoms with E-state index in [-0.39, 0.29) is 18.2 Å². The molecule has 1 atom stereocenters. The van der Waals surface area contributed by atoms with Crippen LogP contribution in [0.25, 0.3) is 27.5 Å². The Morgan fingerprint density at radius 3 is 2.77 bits per heavy atom. The summed E-state index contributed by atoms with van der Waals surface area (Å²) in [5.41, 5.74) is 2.18. The molecule has 8 nitrogen and oxygen atoms in total. The van der Waals surface area contributed by atoms with E-state index >= 15 is 0 Å². The molecule has 2 aromatic carbocycles. The van der Waals surface area contributed by atoms with Crippen LogP contribution in [0.5, 0.6) is 5.88 Å². The molecule has 1 fully saturated rings. The van der Waals surface area contributed by atoms with Crippen LogP contribution in [-0.4, -0.2) is 43.2 Å². The molecule has 0 radical (unpaired) electrons. The molecule has 31 heavy (non-hydrogen) atoms. The highest BCUT2D eigenvalue weighted by Crippen LogP contribution is 2.25. The van der Waals surface area contributed by atoms with E-state index in [1.54, 1.807) is 17.1 Å². The second-order valence-corrected chi connectivity index (χ2v) is 7.60. The smallest absolute Gasteiger partial charge is 0.261 e. The van der Waals surface area contributed by atoms with Gasteiger partial charge in [0.15, 0.2) is 5.82 Å². The van der Waals surface area contributed by atoms with E-state index in [0.29, 0.717) is 36.0 Å². The van der Waals surface area contributed by atoms with Crippen LogP contribution in [0.3, 0.4) is 0 Å². The Morgan fingerprint density at radius 1 is 1.06 bits per heavy atom. The highest BCUT2D eigenvalue weighted by molar-refractivity contribution is 5.83. The first kappa shape index (κ1) is 18.0. The summed E-state index contributed by atoms with van der Waals surface area (Å²) < 4.78 is 15.2. The Labute approximate surface area is 176 Å². The molecule has 1 saturated heterocycles. The van der Waals surface area contributed by atoms with Gasteiger partial charge in [-0.05, 0) is 24.3 Å². The summed E-state index contributed by atoms with van der Waals surface area (Å²) >= 11 is 0. The molecule has 0 aliphatic carbocycles. The largest absolute Gasteiger partial charge is 0.471 e. The predicted octanol–water partition coefficient (Wildman–Crippen LogP) is 2.81. The first-order chi connectivity index (χ1) is 15.3. The third-order valence-corrected chi connectivity index (χ3v) is 5.61. The predicted molar refractivity (Wildman–Crippen MR) is 115 cm³/mol. The summed E-state index contributed by atoms with van der Waals surface area (Å²) in [5, 5.41) is 1.46. The van der Waals surface area contributed by atoms with Crippen molar-refractivity contribution in [3.8, 4) is 5.88 Å². The summed E-state index contributed by atoms with van der Waals surface area (Å²) in [4.78, 5) is 26.9. The summed E-state index contributed by atoms with van der Waals surface area (Å²) in [6.45, 7) is 1.45. The van der Waals surface area contributed by atoms with E-state index in [9.17, 15) is 4.79 Å². The van der Waals surface area contributed by atoms with Gasteiger partial charge in [-0.15, -0.1) is 0 Å². The Balaban J connectivity index is 1.50. The lowest BCUT2D eigenvalue weighted by molar-refractivity contribution is 0.139. The molecule has 0 spiro atoms. The van der Waals surface area contributed by atoms with Crippen molar-refractivity contribution in [2.45, 2.75) is 19.1 Å². The van der Waals surface area contributed by atoms with Crippen molar-refractivity contribution < 1.29 is 9.47 Å². The summed E-state index contributed by atoms with van der Waals surface area (Å²) in [5.74, 6) is 1.03. The molecule has 1 aliphatic rings. The third-order valence-electron chi connectivity index (χ3n) is 5.61. The molecule has 0 N–H and O–H groups in total. The van der Waals surface area contributed by atoms with Crippen LogP contribution >= 0.6 is 0 Å². The molecule has 0 saturated carbocycles. The Bertz CT molecular complexity index is 1480. The quantitative estimate of drug-likeness (QED) is 0.451. The van der Waals surface area contributed by atoms with Gasteiger partial charge in [0.25, 0.3) is 5.56 Å². The Morgan fingerprint density at radius 2 is 1.90 bits per heavy atom. The van der Waals surface area contributed by atoms with Crippen molar-refractivity contribution in [3.05, 3.63) is 77.2 Å². The number of benzene rings is 2. The maximum absolute atomic E-state index is 13.3. The number of ether oxygens (including phenoxy) is 2. The van der Waals surface area contributed by atoms with Gasteiger partial charge in [0, 0.05) is 6.42 Å². The van der Waals surface area contributed by atoms with Crippen molar-refractivity contribution in [2.24, 2.45) is 0 Å². The van der Waals surface area contributed by atoms with E-state index in [4.69, 9.17) is 19.4 Å². The second-order valence-electron chi connectivity index (χ2n) is 7.60. The number of fused-ring (bicyclic) bond motifs is 4. The molecule has 6 rings (SSSR count). The van der Waals surface area contributed by atoms with Crippen molar-refractivity contribution in [3.63, 3.8) is 0 Å². The van der Waals surface area contributed by atoms with Crippen molar-refractivity contribution in [1.29, 1.82) is 0 Å². The minimum atomic E-state index is -0.105. The van der Waals surface area contributed by atoms with Gasteiger partial charge in [0.1, 0.15) is 18.1 Å². The third kappa shape index (κ3) is 3.03. The van der Waals surface area contributed by atoms with Gasteiger partial charge in [-0.1, -0.05) is 24.3 Å². The molecule has 154 valence electrons. The van der Waals surface area contributed by atoms with Crippen LogP contribution in [0.15, 0.2) is 65.8 Å². The summed E-state index contributed by atoms with van der Waals surface area (Å²) in [6.07, 6.45) is 4.19. The van der Waals surface area contributed by atoms with Gasteiger partial charge in [-0.2, -0.15) is 4.98 Å². The highest BCUT2D eigenvalue weighted by atomic mass is 16.5. The maximum Gasteiger partial charge on any atom is 0.261 e. The molecule has 0 bridgehead atoms. The number of para-hydroxylation sites is 2. The zero-order valence-corrected chi connectivity index (χ0v) is 16.6. The lowest BCUT2D eigenvalue weighted by Gasteiger charge is -2.15. The number of hydrogen-bond acceptors (Lipinski definition) is 6. The number of rotatable bonds is 4. The first-order valence-electron chi connectivity index (χ1n) is 10.2. The van der Waals surface area contributed by atoms with Crippen LogP contribution in [0, 0.1) is 0 Å². The molecule has 5 aromatic rings. The zero-order valence-electron chi connectivity index (χ0n) is 16.6. The van der Waals surface area contributed by atoms with Gasteiger partial charge < -0.3 is 9.47 Å². The molecule has 1 aliphatic heterocycles. The van der Waals surface area contributed by atoms with Gasteiger partial charge in [-0.3, -0.25) is 13.8 Å². The molecule has 8 heteroatoms. The van der Waals surface area contributed by atoms with E-state index in [0.717, 1.165) is 22.8 Å². The number of imidazole rings is 1. The minimum absolute atomic E-state index is 0.0314. The zero-order chi connectivity index (χ0) is 20.8. The van der Waals surface area contributed by atoms with Crippen molar-refractivity contribution in [1.82, 2.24) is 23.9 Å². The topological polar surface area (TPSA) is 83.5 Å². The standard InChI is InChI=1S/C23H19N5O3/c29-23-17-6-2-4-8-19(17)28-14-24-11-21(28)27(23)12-20-25-18-7-3-1-5-16(18)22(26-20)31-15-9-10-30-13-15/h1-8,11,14-15H,9-10,12-13H2. The van der Waals surface area contributed by atoms with Crippen LogP contribution in [0.1, 0.15) is 12.2 Å². The Kier molecular flexibility index (Phi) is 4.17. The van der Waals surface area contributed by atoms with E-state index in [1.807, 2.05) is 52.9 Å². The molecule has 3 aromatic heterocycles. The molecule has 4 heterocycles. The lowest BCUT2D eigenvalue weighted by Crippen LogP contribution is -2.24. The van der Waals surface area contributed by atoms with Gasteiger partial charge in [-0.25, -0.2) is 9.97 Å². The van der Waals surface area contributed by atoms with Crippen molar-refractivity contribution >= 4 is 27.5 Å². The second kappa shape index (κ2) is 7.17. The number of hydrogen-bond donors (Lipinski definition) is 0. The average Bonchev–Trinajstić information content (AvgIpc) is 3.49. The van der Waals surface area contributed by atoms with Gasteiger partial charge in [0.2, 0.25) is 5.88 Å². The van der Waals surface area contributed by atoms with Gasteiger partial charge >= 0.3 is 0 Å². The van der Waals surface area contributed by atoms with Crippen LogP contribution in [0.4, 0.5) is 0 Å². The van der Waals surface area contributed by atoms with Gasteiger partial charge in [0.05, 0.1) is 47.8 Å². The van der Waals surface area contributed by atoms with E-state index in [2.05, 4.69) is 4.98 Å². The average molecular weight is 413 g/mol. The maximum atomic E-state index is 13.3. The first-order valence-corrected chi connectivity index (χ1v) is 10.2. The normalized spacial score (nSPS) is 16.5. The van der Waals surface area contributed by atoms with E-state index < -0.39 is 0 Å². The summed E-state index contributed by atoms with van der Waals surface area (Å²) in [7, 11) is 0. The fraction of sp³-hybridized carbons (Fsp3) is 0.217. The minimum Gasteiger partial charge on any atom is -0.471 e. The number of aromatic nitrogens is 5. The molecular formula is C23H19N5O3. The fourth-order valence-electron chi connectivity index (χ4n) is 4.10. The summed E-state index contributed by atoms with van der Waals surface area (Å²) in [6, 6.07) is 15.2. The molecule has 1 unspecified atom stereocenters. The monoisotopic (exact) mass is 413 g/mol. The van der Waals surface area contributed by atoms with Crippen molar-refractivity contribution in [2.75, 3.05) is 13.2 Å². The molecular weight excluding hydrogens is 394 g/mol. The lowest BCUT2D eigenvalue weighted by atomic mass is 10.2. The van der Waals surface area contributed by atoms with E-state index in [1.165, 1.54) is 0 Å². The highest BCUT2D eigenvalue weighted by Gasteiger charge is 2.20. The fourth-order valence-corrected chi connectivity index (χ4v) is 4.10. The van der Waals surface area contributed by atoms with Crippen LogP contribution in [0.2, 0.25) is 0 Å².